The summed E-state index contributed by atoms with van der Waals surface area (Å²) < 4.78 is 0. The van der Waals surface area contributed by atoms with Gasteiger partial charge in [0.2, 0.25) is 0 Å². The second-order valence-corrected chi connectivity index (χ2v) is 4.55. The van der Waals surface area contributed by atoms with Gasteiger partial charge < -0.3 is 10.6 Å². The molecule has 2 aromatic rings. The summed E-state index contributed by atoms with van der Waals surface area (Å²) in [6, 6.07) is 16.9. The minimum atomic E-state index is -0.102. The van der Waals surface area contributed by atoms with Crippen LogP contribution in [-0.2, 0) is 0 Å². The van der Waals surface area contributed by atoms with Gasteiger partial charge >= 0.3 is 0 Å². The van der Waals surface area contributed by atoms with E-state index < -0.39 is 0 Å². The topological polar surface area (TPSA) is 53.5 Å². The normalized spacial score (nSPS) is 13.5. The smallest absolute Gasteiger partial charge is 0.255 e. The number of anilines is 1. The molecule has 0 atom stereocenters. The van der Waals surface area contributed by atoms with Gasteiger partial charge in [-0.15, -0.1) is 0 Å². The molecule has 20 heavy (non-hydrogen) atoms. The van der Waals surface area contributed by atoms with E-state index in [0.29, 0.717) is 5.56 Å². The van der Waals surface area contributed by atoms with Crippen LogP contribution in [0.3, 0.4) is 0 Å². The van der Waals surface area contributed by atoms with E-state index in [2.05, 4.69) is 15.6 Å². The Morgan fingerprint density at radius 3 is 2.45 bits per heavy atom. The second kappa shape index (κ2) is 5.57. The van der Waals surface area contributed by atoms with E-state index in [1.807, 2.05) is 42.5 Å². The number of aliphatic imine (C=N–C) groups is 1. The van der Waals surface area contributed by atoms with Crippen molar-refractivity contribution in [3.8, 4) is 0 Å². The number of hydrogen-bond donors (Lipinski definition) is 2. The summed E-state index contributed by atoms with van der Waals surface area (Å²) in [5.74, 6) is 0.820. The largest absolute Gasteiger partial charge is 0.368 e. The van der Waals surface area contributed by atoms with E-state index in [-0.39, 0.29) is 5.91 Å². The van der Waals surface area contributed by atoms with Gasteiger partial charge in [-0.25, -0.2) is 0 Å². The van der Waals surface area contributed by atoms with Crippen LogP contribution in [0.4, 0.5) is 5.69 Å². The Labute approximate surface area is 117 Å². The van der Waals surface area contributed by atoms with Gasteiger partial charge in [-0.2, -0.15) is 0 Å². The van der Waals surface area contributed by atoms with Crippen LogP contribution < -0.4 is 10.6 Å². The Morgan fingerprint density at radius 1 is 1.05 bits per heavy atom. The molecule has 0 radical (unpaired) electrons. The standard InChI is InChI=1S/C16H15N3O/c20-16(13-4-2-1-3-5-13)19-14-8-6-12(7-9-14)15-17-10-11-18-15/h1-9H,10-11H2,(H,17,18)(H,19,20). The first-order valence-electron chi connectivity index (χ1n) is 6.58. The highest BCUT2D eigenvalue weighted by molar-refractivity contribution is 6.05. The van der Waals surface area contributed by atoms with Crippen molar-refractivity contribution >= 4 is 17.4 Å². The number of amides is 1. The number of nitrogens with zero attached hydrogens (tertiary/aromatic N) is 1. The predicted octanol–water partition coefficient (Wildman–Crippen LogP) is 2.29. The molecule has 2 N–H and O–H groups in total. The minimum absolute atomic E-state index is 0.102. The summed E-state index contributed by atoms with van der Waals surface area (Å²) in [7, 11) is 0. The first kappa shape index (κ1) is 12.4. The molecular weight excluding hydrogens is 250 g/mol. The van der Waals surface area contributed by atoms with E-state index >= 15 is 0 Å². The fourth-order valence-electron chi connectivity index (χ4n) is 2.10. The number of carbonyl (C=O) groups excluding carboxylic acids is 1. The third-order valence-electron chi connectivity index (χ3n) is 3.13. The molecule has 4 nitrogen and oxygen atoms in total. The lowest BCUT2D eigenvalue weighted by Gasteiger charge is -2.07. The van der Waals surface area contributed by atoms with E-state index in [0.717, 1.165) is 30.2 Å². The number of benzene rings is 2. The van der Waals surface area contributed by atoms with Crippen molar-refractivity contribution in [2.75, 3.05) is 18.4 Å². The van der Waals surface area contributed by atoms with Crippen LogP contribution in [0.5, 0.6) is 0 Å². The zero-order chi connectivity index (χ0) is 13.8. The molecule has 1 aliphatic heterocycles. The summed E-state index contributed by atoms with van der Waals surface area (Å²) in [6.07, 6.45) is 0. The molecule has 0 unspecified atom stereocenters. The molecule has 1 aliphatic rings. The highest BCUT2D eigenvalue weighted by Crippen LogP contribution is 2.12. The Balaban J connectivity index is 1.71. The fourth-order valence-corrected chi connectivity index (χ4v) is 2.10. The minimum Gasteiger partial charge on any atom is -0.368 e. The first-order chi connectivity index (χ1) is 9.83. The summed E-state index contributed by atoms with van der Waals surface area (Å²) in [5.41, 5.74) is 2.47. The summed E-state index contributed by atoms with van der Waals surface area (Å²) in [5, 5.41) is 6.10. The van der Waals surface area contributed by atoms with Crippen molar-refractivity contribution in [2.45, 2.75) is 0 Å². The zero-order valence-electron chi connectivity index (χ0n) is 11.0. The van der Waals surface area contributed by atoms with E-state index in [1.54, 1.807) is 12.1 Å². The van der Waals surface area contributed by atoms with Crippen molar-refractivity contribution in [2.24, 2.45) is 4.99 Å². The van der Waals surface area contributed by atoms with Gasteiger partial charge in [-0.1, -0.05) is 18.2 Å². The average molecular weight is 265 g/mol. The van der Waals surface area contributed by atoms with Crippen LogP contribution >= 0.6 is 0 Å². The molecule has 3 rings (SSSR count). The van der Waals surface area contributed by atoms with Gasteiger partial charge in [0.15, 0.2) is 0 Å². The van der Waals surface area contributed by atoms with Crippen molar-refractivity contribution < 1.29 is 4.79 Å². The number of amidine groups is 1. The van der Waals surface area contributed by atoms with Crippen LogP contribution in [-0.4, -0.2) is 24.8 Å². The van der Waals surface area contributed by atoms with Crippen molar-refractivity contribution in [1.29, 1.82) is 0 Å². The van der Waals surface area contributed by atoms with Gasteiger partial charge in [0.05, 0.1) is 6.54 Å². The average Bonchev–Trinajstić information content (AvgIpc) is 3.03. The van der Waals surface area contributed by atoms with E-state index in [4.69, 9.17) is 0 Å². The molecule has 0 bridgehead atoms. The number of carbonyl (C=O) groups is 1. The Kier molecular flexibility index (Phi) is 3.46. The zero-order valence-corrected chi connectivity index (χ0v) is 11.0. The molecule has 0 spiro atoms. The summed E-state index contributed by atoms with van der Waals surface area (Å²) in [4.78, 5) is 16.4. The molecule has 0 saturated carbocycles. The maximum absolute atomic E-state index is 12.0. The maximum Gasteiger partial charge on any atom is 0.255 e. The molecule has 4 heteroatoms. The molecule has 0 aliphatic carbocycles. The molecule has 0 aromatic heterocycles. The fraction of sp³-hybridized carbons (Fsp3) is 0.125. The van der Waals surface area contributed by atoms with Crippen LogP contribution in [0.25, 0.3) is 0 Å². The number of hydrogen-bond acceptors (Lipinski definition) is 3. The monoisotopic (exact) mass is 265 g/mol. The SMILES string of the molecule is O=C(Nc1ccc(C2=NCCN2)cc1)c1ccccc1. The third kappa shape index (κ3) is 2.69. The van der Waals surface area contributed by atoms with Gasteiger partial charge in [0.25, 0.3) is 5.91 Å². The van der Waals surface area contributed by atoms with Gasteiger partial charge in [0.1, 0.15) is 5.84 Å². The van der Waals surface area contributed by atoms with Gasteiger partial charge in [0, 0.05) is 23.4 Å². The lowest BCUT2D eigenvalue weighted by atomic mass is 10.1. The van der Waals surface area contributed by atoms with Gasteiger partial charge in [-0.05, 0) is 36.4 Å². The molecule has 1 heterocycles. The molecule has 0 saturated heterocycles. The number of nitrogens with one attached hydrogen (secondary N) is 2. The lowest BCUT2D eigenvalue weighted by molar-refractivity contribution is 0.102. The summed E-state index contributed by atoms with van der Waals surface area (Å²) in [6.45, 7) is 1.71. The third-order valence-corrected chi connectivity index (χ3v) is 3.13. The van der Waals surface area contributed by atoms with Crippen molar-refractivity contribution in [3.05, 3.63) is 65.7 Å². The molecule has 1 amide bonds. The van der Waals surface area contributed by atoms with Crippen LogP contribution in [0.15, 0.2) is 59.6 Å². The lowest BCUT2D eigenvalue weighted by Crippen LogP contribution is -2.19. The van der Waals surface area contributed by atoms with E-state index in [1.165, 1.54) is 0 Å². The number of rotatable bonds is 3. The Morgan fingerprint density at radius 2 is 1.80 bits per heavy atom. The van der Waals surface area contributed by atoms with Crippen LogP contribution in [0.1, 0.15) is 15.9 Å². The quantitative estimate of drug-likeness (QED) is 0.894. The van der Waals surface area contributed by atoms with E-state index in [9.17, 15) is 4.79 Å². The van der Waals surface area contributed by atoms with Crippen molar-refractivity contribution in [1.82, 2.24) is 5.32 Å². The Hall–Kier alpha value is -2.62. The van der Waals surface area contributed by atoms with Crippen LogP contribution in [0.2, 0.25) is 0 Å². The summed E-state index contributed by atoms with van der Waals surface area (Å²) >= 11 is 0. The highest BCUT2D eigenvalue weighted by Gasteiger charge is 2.08. The molecule has 2 aromatic carbocycles. The second-order valence-electron chi connectivity index (χ2n) is 4.55. The van der Waals surface area contributed by atoms with Crippen LogP contribution in [0, 0.1) is 0 Å². The molecular formula is C16H15N3O. The maximum atomic E-state index is 12.0. The highest BCUT2D eigenvalue weighted by atomic mass is 16.1. The Bertz CT molecular complexity index is 633. The van der Waals surface area contributed by atoms with Crippen molar-refractivity contribution in [3.63, 3.8) is 0 Å². The molecule has 100 valence electrons. The molecule has 0 fully saturated rings. The first-order valence-corrected chi connectivity index (χ1v) is 6.58. The van der Waals surface area contributed by atoms with Gasteiger partial charge in [-0.3, -0.25) is 9.79 Å². The predicted molar refractivity (Wildman–Crippen MR) is 80.2 cm³/mol.